The third-order valence-corrected chi connectivity index (χ3v) is 2.57. The SMILES string of the molecule is CC#CCNC(=O)c1cnc(-n2cccn2)cc1OC. The van der Waals surface area contributed by atoms with Crippen LogP contribution in [0, 0.1) is 11.8 Å². The Morgan fingerprint density at radius 1 is 1.55 bits per heavy atom. The van der Waals surface area contributed by atoms with E-state index in [0.29, 0.717) is 23.7 Å². The molecule has 0 fully saturated rings. The fourth-order valence-corrected chi connectivity index (χ4v) is 1.60. The minimum atomic E-state index is -0.274. The molecule has 20 heavy (non-hydrogen) atoms. The average molecular weight is 270 g/mol. The normalized spacial score (nSPS) is 9.50. The number of hydrogen-bond acceptors (Lipinski definition) is 4. The first-order valence-corrected chi connectivity index (χ1v) is 5.98. The first-order chi connectivity index (χ1) is 9.76. The summed E-state index contributed by atoms with van der Waals surface area (Å²) in [5.41, 5.74) is 0.362. The van der Waals surface area contributed by atoms with Gasteiger partial charge in [-0.05, 0) is 13.0 Å². The highest BCUT2D eigenvalue weighted by molar-refractivity contribution is 5.96. The summed E-state index contributed by atoms with van der Waals surface area (Å²) in [7, 11) is 1.50. The maximum absolute atomic E-state index is 12.0. The molecule has 6 heteroatoms. The highest BCUT2D eigenvalue weighted by Crippen LogP contribution is 2.19. The number of hydrogen-bond donors (Lipinski definition) is 1. The Labute approximate surface area is 116 Å². The van der Waals surface area contributed by atoms with Crippen molar-refractivity contribution < 1.29 is 9.53 Å². The zero-order valence-corrected chi connectivity index (χ0v) is 11.3. The highest BCUT2D eigenvalue weighted by Gasteiger charge is 2.13. The number of nitrogens with zero attached hydrogens (tertiary/aromatic N) is 3. The number of amides is 1. The van der Waals surface area contributed by atoms with Crippen LogP contribution in [0.4, 0.5) is 0 Å². The molecule has 2 heterocycles. The van der Waals surface area contributed by atoms with Crippen LogP contribution < -0.4 is 10.1 Å². The summed E-state index contributed by atoms with van der Waals surface area (Å²) in [5, 5.41) is 6.75. The summed E-state index contributed by atoms with van der Waals surface area (Å²) in [6, 6.07) is 3.45. The molecule has 0 radical (unpaired) electrons. The fourth-order valence-electron chi connectivity index (χ4n) is 1.60. The van der Waals surface area contributed by atoms with Gasteiger partial charge in [0.2, 0.25) is 0 Å². The van der Waals surface area contributed by atoms with Gasteiger partial charge >= 0.3 is 0 Å². The predicted octanol–water partition coefficient (Wildman–Crippen LogP) is 1.03. The van der Waals surface area contributed by atoms with Crippen molar-refractivity contribution in [3.8, 4) is 23.4 Å². The molecule has 2 rings (SSSR count). The molecule has 0 aromatic carbocycles. The molecule has 0 aliphatic rings. The second-order valence-corrected chi connectivity index (χ2v) is 3.80. The number of nitrogens with one attached hydrogen (secondary N) is 1. The molecule has 102 valence electrons. The maximum atomic E-state index is 12.0. The topological polar surface area (TPSA) is 69.0 Å². The third-order valence-electron chi connectivity index (χ3n) is 2.57. The van der Waals surface area contributed by atoms with Crippen LogP contribution in [0.1, 0.15) is 17.3 Å². The monoisotopic (exact) mass is 270 g/mol. The van der Waals surface area contributed by atoms with Crippen molar-refractivity contribution in [1.29, 1.82) is 0 Å². The molecule has 0 saturated heterocycles. The van der Waals surface area contributed by atoms with Gasteiger partial charge in [-0.2, -0.15) is 5.10 Å². The van der Waals surface area contributed by atoms with E-state index in [4.69, 9.17) is 4.74 Å². The van der Waals surface area contributed by atoms with Crippen molar-refractivity contribution in [2.24, 2.45) is 0 Å². The molecular weight excluding hydrogens is 256 g/mol. The van der Waals surface area contributed by atoms with Gasteiger partial charge in [-0.3, -0.25) is 4.79 Å². The van der Waals surface area contributed by atoms with Gasteiger partial charge in [0.05, 0.1) is 19.2 Å². The second kappa shape index (κ2) is 6.38. The van der Waals surface area contributed by atoms with Crippen LogP contribution in [0.15, 0.2) is 30.7 Å². The van der Waals surface area contributed by atoms with Crippen molar-refractivity contribution in [3.63, 3.8) is 0 Å². The molecule has 0 saturated carbocycles. The zero-order chi connectivity index (χ0) is 14.4. The Morgan fingerprint density at radius 2 is 2.40 bits per heavy atom. The molecule has 0 aliphatic heterocycles. The first-order valence-electron chi connectivity index (χ1n) is 5.98. The zero-order valence-electron chi connectivity index (χ0n) is 11.3. The van der Waals surface area contributed by atoms with Gasteiger partial charge in [-0.25, -0.2) is 9.67 Å². The number of pyridine rings is 1. The van der Waals surface area contributed by atoms with Crippen LogP contribution in [-0.4, -0.2) is 34.3 Å². The minimum absolute atomic E-state index is 0.274. The highest BCUT2D eigenvalue weighted by atomic mass is 16.5. The van der Waals surface area contributed by atoms with E-state index in [2.05, 4.69) is 27.2 Å². The van der Waals surface area contributed by atoms with Crippen molar-refractivity contribution in [2.45, 2.75) is 6.92 Å². The van der Waals surface area contributed by atoms with E-state index < -0.39 is 0 Å². The second-order valence-electron chi connectivity index (χ2n) is 3.80. The van der Waals surface area contributed by atoms with Gasteiger partial charge in [-0.15, -0.1) is 5.92 Å². The fraction of sp³-hybridized carbons (Fsp3) is 0.214. The van der Waals surface area contributed by atoms with Crippen LogP contribution in [0.2, 0.25) is 0 Å². The summed E-state index contributed by atoms with van der Waals surface area (Å²) in [5.74, 6) is 6.21. The number of rotatable bonds is 4. The molecule has 0 spiro atoms. The molecule has 0 bridgehead atoms. The lowest BCUT2D eigenvalue weighted by atomic mass is 10.2. The van der Waals surface area contributed by atoms with Crippen LogP contribution in [0.3, 0.4) is 0 Å². The molecule has 1 N–H and O–H groups in total. The van der Waals surface area contributed by atoms with Gasteiger partial charge in [0.15, 0.2) is 5.82 Å². The van der Waals surface area contributed by atoms with Gasteiger partial charge in [0.25, 0.3) is 5.91 Å². The predicted molar refractivity (Wildman–Crippen MR) is 73.7 cm³/mol. The van der Waals surface area contributed by atoms with E-state index in [9.17, 15) is 4.79 Å². The van der Waals surface area contributed by atoms with Crippen molar-refractivity contribution in [3.05, 3.63) is 36.3 Å². The quantitative estimate of drug-likeness (QED) is 0.842. The first kappa shape index (κ1) is 13.6. The average Bonchev–Trinajstić information content (AvgIpc) is 3.01. The van der Waals surface area contributed by atoms with E-state index >= 15 is 0 Å². The number of methoxy groups -OCH3 is 1. The Bertz CT molecular complexity index is 654. The lowest BCUT2D eigenvalue weighted by molar-refractivity contribution is 0.0955. The molecule has 2 aromatic rings. The number of carbonyl (C=O) groups excluding carboxylic acids is 1. The van der Waals surface area contributed by atoms with Gasteiger partial charge in [0, 0.05) is 24.7 Å². The maximum Gasteiger partial charge on any atom is 0.257 e. The summed E-state index contributed by atoms with van der Waals surface area (Å²) in [6.45, 7) is 2.01. The minimum Gasteiger partial charge on any atom is -0.496 e. The molecular formula is C14H14N4O2. The largest absolute Gasteiger partial charge is 0.496 e. The van der Waals surface area contributed by atoms with E-state index in [1.165, 1.54) is 13.3 Å². The van der Waals surface area contributed by atoms with Crippen molar-refractivity contribution >= 4 is 5.91 Å². The summed E-state index contributed by atoms with van der Waals surface area (Å²) in [4.78, 5) is 16.2. The number of ether oxygens (including phenoxy) is 1. The van der Waals surface area contributed by atoms with Crippen LogP contribution in [-0.2, 0) is 0 Å². The molecule has 0 aliphatic carbocycles. The van der Waals surface area contributed by atoms with Crippen LogP contribution >= 0.6 is 0 Å². The molecule has 2 aromatic heterocycles. The van der Waals surface area contributed by atoms with Crippen molar-refractivity contribution in [2.75, 3.05) is 13.7 Å². The van der Waals surface area contributed by atoms with Gasteiger partial charge in [0.1, 0.15) is 5.75 Å². The van der Waals surface area contributed by atoms with E-state index in [1.807, 2.05) is 0 Å². The van der Waals surface area contributed by atoms with E-state index in [-0.39, 0.29) is 5.91 Å². The summed E-state index contributed by atoms with van der Waals surface area (Å²) < 4.78 is 6.82. The molecule has 0 atom stereocenters. The van der Waals surface area contributed by atoms with Crippen LogP contribution in [0.5, 0.6) is 5.75 Å². The van der Waals surface area contributed by atoms with E-state index in [1.54, 1.807) is 36.1 Å². The third kappa shape index (κ3) is 2.95. The summed E-state index contributed by atoms with van der Waals surface area (Å²) >= 11 is 0. The molecule has 1 amide bonds. The van der Waals surface area contributed by atoms with Crippen LogP contribution in [0.25, 0.3) is 5.82 Å². The van der Waals surface area contributed by atoms with E-state index in [0.717, 1.165) is 0 Å². The summed E-state index contributed by atoms with van der Waals surface area (Å²) in [6.07, 6.45) is 4.88. The number of carbonyl (C=O) groups is 1. The Balaban J connectivity index is 2.25. The van der Waals surface area contributed by atoms with Gasteiger partial charge in [-0.1, -0.05) is 5.92 Å². The Hall–Kier alpha value is -2.81. The Morgan fingerprint density at radius 3 is 3.05 bits per heavy atom. The van der Waals surface area contributed by atoms with Crippen molar-refractivity contribution in [1.82, 2.24) is 20.1 Å². The molecule has 0 unspecified atom stereocenters. The Kier molecular flexibility index (Phi) is 4.35. The van der Waals surface area contributed by atoms with Gasteiger partial charge < -0.3 is 10.1 Å². The lowest BCUT2D eigenvalue weighted by Crippen LogP contribution is -2.24. The lowest BCUT2D eigenvalue weighted by Gasteiger charge is -2.09. The standard InChI is InChI=1S/C14H14N4O2/c1-3-4-6-15-14(19)11-10-16-13(9-12(11)20-2)18-8-5-7-17-18/h5,7-10H,6H2,1-2H3,(H,15,19). The number of aromatic nitrogens is 3. The smallest absolute Gasteiger partial charge is 0.257 e. The molecule has 6 nitrogen and oxygen atoms in total.